The zero-order valence-corrected chi connectivity index (χ0v) is 12.1. The third-order valence-electron chi connectivity index (χ3n) is 4.26. The number of benzene rings is 1. The summed E-state index contributed by atoms with van der Waals surface area (Å²) in [6, 6.07) is 5.38. The Kier molecular flexibility index (Phi) is 4.81. The molecule has 1 fully saturated rings. The standard InChI is InChI=1S/C16H24FNO/c1-4-12-5-7-14(9-12)18-11(2)15-10-13(17)6-8-16(15)19-3/h6,8,10-12,14,18H,4-5,7,9H2,1-3H3. The van der Waals surface area contributed by atoms with E-state index in [0.717, 1.165) is 17.2 Å². The highest BCUT2D eigenvalue weighted by atomic mass is 19.1. The van der Waals surface area contributed by atoms with Crippen molar-refractivity contribution in [1.29, 1.82) is 0 Å². The number of hydrogen-bond acceptors (Lipinski definition) is 2. The second-order valence-electron chi connectivity index (χ2n) is 5.56. The lowest BCUT2D eigenvalue weighted by Gasteiger charge is -2.22. The van der Waals surface area contributed by atoms with Crippen molar-refractivity contribution in [1.82, 2.24) is 5.32 Å². The maximum atomic E-state index is 13.4. The number of nitrogens with one attached hydrogen (secondary N) is 1. The fourth-order valence-corrected chi connectivity index (χ4v) is 3.08. The van der Waals surface area contributed by atoms with Crippen LogP contribution >= 0.6 is 0 Å². The summed E-state index contributed by atoms with van der Waals surface area (Å²) in [7, 11) is 1.63. The Hall–Kier alpha value is -1.09. The molecule has 1 aromatic carbocycles. The quantitative estimate of drug-likeness (QED) is 0.866. The van der Waals surface area contributed by atoms with Gasteiger partial charge in [-0.15, -0.1) is 0 Å². The summed E-state index contributed by atoms with van der Waals surface area (Å²) in [5.74, 6) is 1.40. The zero-order valence-electron chi connectivity index (χ0n) is 12.1. The van der Waals surface area contributed by atoms with E-state index in [4.69, 9.17) is 4.74 Å². The average Bonchev–Trinajstić information content (AvgIpc) is 2.86. The molecule has 1 aliphatic rings. The van der Waals surface area contributed by atoms with Crippen molar-refractivity contribution in [3.05, 3.63) is 29.6 Å². The summed E-state index contributed by atoms with van der Waals surface area (Å²) >= 11 is 0. The molecule has 2 nitrogen and oxygen atoms in total. The topological polar surface area (TPSA) is 21.3 Å². The second-order valence-corrected chi connectivity index (χ2v) is 5.56. The Balaban J connectivity index is 2.03. The van der Waals surface area contributed by atoms with Gasteiger partial charge < -0.3 is 10.1 Å². The van der Waals surface area contributed by atoms with Crippen LogP contribution in [0.25, 0.3) is 0 Å². The summed E-state index contributed by atoms with van der Waals surface area (Å²) in [5.41, 5.74) is 0.905. The lowest BCUT2D eigenvalue weighted by Crippen LogP contribution is -2.29. The first-order valence-corrected chi connectivity index (χ1v) is 7.23. The summed E-state index contributed by atoms with van der Waals surface area (Å²) in [6.45, 7) is 4.34. The fourth-order valence-electron chi connectivity index (χ4n) is 3.08. The van der Waals surface area contributed by atoms with Crippen LogP contribution < -0.4 is 10.1 Å². The normalized spacial score (nSPS) is 24.4. The molecule has 1 N–H and O–H groups in total. The SMILES string of the molecule is CCC1CCC(NC(C)c2cc(F)ccc2OC)C1. The van der Waals surface area contributed by atoms with Gasteiger partial charge in [-0.1, -0.05) is 13.3 Å². The van der Waals surface area contributed by atoms with Gasteiger partial charge in [-0.3, -0.25) is 0 Å². The highest BCUT2D eigenvalue weighted by Crippen LogP contribution is 2.31. The van der Waals surface area contributed by atoms with Crippen molar-refractivity contribution in [3.63, 3.8) is 0 Å². The van der Waals surface area contributed by atoms with Crippen molar-refractivity contribution in [2.24, 2.45) is 5.92 Å². The van der Waals surface area contributed by atoms with E-state index in [9.17, 15) is 4.39 Å². The number of ether oxygens (including phenoxy) is 1. The van der Waals surface area contributed by atoms with Crippen LogP contribution in [0, 0.1) is 11.7 Å². The molecule has 1 aliphatic carbocycles. The van der Waals surface area contributed by atoms with Crippen molar-refractivity contribution >= 4 is 0 Å². The molecule has 0 aliphatic heterocycles. The molecule has 1 saturated carbocycles. The van der Waals surface area contributed by atoms with E-state index in [0.29, 0.717) is 6.04 Å². The highest BCUT2D eigenvalue weighted by molar-refractivity contribution is 5.36. The Morgan fingerprint density at radius 3 is 2.84 bits per heavy atom. The molecule has 0 radical (unpaired) electrons. The van der Waals surface area contributed by atoms with Gasteiger partial charge in [-0.25, -0.2) is 4.39 Å². The zero-order chi connectivity index (χ0) is 13.8. The molecule has 3 heteroatoms. The van der Waals surface area contributed by atoms with Crippen LogP contribution in [-0.4, -0.2) is 13.2 Å². The van der Waals surface area contributed by atoms with Gasteiger partial charge in [0.1, 0.15) is 11.6 Å². The van der Waals surface area contributed by atoms with Crippen molar-refractivity contribution in [3.8, 4) is 5.75 Å². The van der Waals surface area contributed by atoms with E-state index in [1.165, 1.54) is 31.7 Å². The molecule has 3 unspecified atom stereocenters. The molecule has 3 atom stereocenters. The molecule has 106 valence electrons. The van der Waals surface area contributed by atoms with E-state index in [1.807, 2.05) is 0 Å². The number of hydrogen-bond donors (Lipinski definition) is 1. The molecule has 0 heterocycles. The van der Waals surface area contributed by atoms with E-state index in [1.54, 1.807) is 19.2 Å². The minimum Gasteiger partial charge on any atom is -0.496 e. The van der Waals surface area contributed by atoms with Crippen molar-refractivity contribution in [2.45, 2.75) is 51.6 Å². The van der Waals surface area contributed by atoms with Gasteiger partial charge in [0.05, 0.1) is 7.11 Å². The molecule has 1 aromatic rings. The molecule has 0 spiro atoms. The Morgan fingerprint density at radius 2 is 2.21 bits per heavy atom. The first-order chi connectivity index (χ1) is 9.13. The van der Waals surface area contributed by atoms with Gasteiger partial charge in [-0.05, 0) is 50.3 Å². The number of rotatable bonds is 5. The van der Waals surface area contributed by atoms with E-state index in [2.05, 4.69) is 19.2 Å². The first-order valence-electron chi connectivity index (χ1n) is 7.23. The van der Waals surface area contributed by atoms with E-state index >= 15 is 0 Å². The van der Waals surface area contributed by atoms with E-state index < -0.39 is 0 Å². The monoisotopic (exact) mass is 265 g/mol. The van der Waals surface area contributed by atoms with Gasteiger partial charge in [0, 0.05) is 17.6 Å². The van der Waals surface area contributed by atoms with Crippen LogP contribution in [0.4, 0.5) is 4.39 Å². The third kappa shape index (κ3) is 3.47. The van der Waals surface area contributed by atoms with Gasteiger partial charge in [0.25, 0.3) is 0 Å². The maximum absolute atomic E-state index is 13.4. The van der Waals surface area contributed by atoms with Crippen LogP contribution in [0.3, 0.4) is 0 Å². The summed E-state index contributed by atoms with van der Waals surface area (Å²) < 4.78 is 18.7. The average molecular weight is 265 g/mol. The summed E-state index contributed by atoms with van der Waals surface area (Å²) in [5, 5.41) is 3.61. The van der Waals surface area contributed by atoms with Gasteiger partial charge >= 0.3 is 0 Å². The molecule has 2 rings (SSSR count). The second kappa shape index (κ2) is 6.38. The molecule has 0 amide bonds. The Labute approximate surface area is 115 Å². The van der Waals surface area contributed by atoms with Crippen LogP contribution in [0.2, 0.25) is 0 Å². The predicted molar refractivity (Wildman–Crippen MR) is 75.9 cm³/mol. The largest absolute Gasteiger partial charge is 0.496 e. The van der Waals surface area contributed by atoms with Crippen LogP contribution in [0.15, 0.2) is 18.2 Å². The van der Waals surface area contributed by atoms with Gasteiger partial charge in [0.2, 0.25) is 0 Å². The van der Waals surface area contributed by atoms with E-state index in [-0.39, 0.29) is 11.9 Å². The third-order valence-corrected chi connectivity index (χ3v) is 4.26. The number of methoxy groups -OCH3 is 1. The fraction of sp³-hybridized carbons (Fsp3) is 0.625. The maximum Gasteiger partial charge on any atom is 0.123 e. The smallest absolute Gasteiger partial charge is 0.123 e. The van der Waals surface area contributed by atoms with Crippen LogP contribution in [0.1, 0.15) is 51.1 Å². The van der Waals surface area contributed by atoms with Gasteiger partial charge in [0.15, 0.2) is 0 Å². The number of halogens is 1. The van der Waals surface area contributed by atoms with Gasteiger partial charge in [-0.2, -0.15) is 0 Å². The molecular formula is C16H24FNO. The van der Waals surface area contributed by atoms with Crippen LogP contribution in [-0.2, 0) is 0 Å². The molecule has 0 aromatic heterocycles. The summed E-state index contributed by atoms with van der Waals surface area (Å²) in [4.78, 5) is 0. The van der Waals surface area contributed by atoms with Crippen molar-refractivity contribution in [2.75, 3.05) is 7.11 Å². The Bertz CT molecular complexity index is 421. The minimum absolute atomic E-state index is 0.117. The lowest BCUT2D eigenvalue weighted by molar-refractivity contribution is 0.388. The summed E-state index contributed by atoms with van der Waals surface area (Å²) in [6.07, 6.45) is 5.02. The first kappa shape index (κ1) is 14.3. The van der Waals surface area contributed by atoms with Crippen LogP contribution in [0.5, 0.6) is 5.75 Å². The molecular weight excluding hydrogens is 241 g/mol. The molecule has 19 heavy (non-hydrogen) atoms. The Morgan fingerprint density at radius 1 is 1.42 bits per heavy atom. The molecule has 0 saturated heterocycles. The molecule has 0 bridgehead atoms. The lowest BCUT2D eigenvalue weighted by atomic mass is 10.0. The predicted octanol–water partition coefficient (Wildman–Crippen LogP) is 4.06. The minimum atomic E-state index is -0.206. The highest BCUT2D eigenvalue weighted by Gasteiger charge is 2.25. The van der Waals surface area contributed by atoms with Crippen molar-refractivity contribution < 1.29 is 9.13 Å².